The number of benzene rings is 2. The minimum absolute atomic E-state index is 0.202. The van der Waals surface area contributed by atoms with Crippen molar-refractivity contribution >= 4 is 34.6 Å². The first-order chi connectivity index (χ1) is 10.5. The molecular formula is C18H21ClN2S. The molecule has 0 aliphatic heterocycles. The number of nitrogens with one attached hydrogen (secondary N) is 2. The summed E-state index contributed by atoms with van der Waals surface area (Å²) in [5.74, 6) is 0. The third-order valence-corrected chi connectivity index (χ3v) is 4.09. The summed E-state index contributed by atoms with van der Waals surface area (Å²) in [6.07, 6.45) is 0.965. The van der Waals surface area contributed by atoms with Crippen LogP contribution in [0.3, 0.4) is 0 Å². The Labute approximate surface area is 142 Å². The van der Waals surface area contributed by atoms with Crippen LogP contribution in [0.25, 0.3) is 0 Å². The Bertz CT molecular complexity index is 653. The quantitative estimate of drug-likeness (QED) is 0.733. The van der Waals surface area contributed by atoms with E-state index in [9.17, 15) is 0 Å². The maximum Gasteiger partial charge on any atom is 0.171 e. The van der Waals surface area contributed by atoms with E-state index in [1.54, 1.807) is 0 Å². The van der Waals surface area contributed by atoms with E-state index in [0.29, 0.717) is 10.1 Å². The lowest BCUT2D eigenvalue weighted by atomic mass is 9.98. The van der Waals surface area contributed by atoms with Crippen LogP contribution in [0.15, 0.2) is 42.5 Å². The van der Waals surface area contributed by atoms with Crippen molar-refractivity contribution < 1.29 is 0 Å². The van der Waals surface area contributed by atoms with Gasteiger partial charge in [0.25, 0.3) is 0 Å². The highest BCUT2D eigenvalue weighted by molar-refractivity contribution is 7.80. The summed E-state index contributed by atoms with van der Waals surface area (Å²) in [6.45, 7) is 6.40. The maximum absolute atomic E-state index is 5.89. The van der Waals surface area contributed by atoms with Gasteiger partial charge in [0.05, 0.1) is 6.04 Å². The highest BCUT2D eigenvalue weighted by atomic mass is 35.5. The molecule has 0 amide bonds. The molecule has 0 bridgehead atoms. The van der Waals surface area contributed by atoms with Crippen LogP contribution < -0.4 is 10.6 Å². The van der Waals surface area contributed by atoms with Crippen molar-refractivity contribution in [2.24, 2.45) is 0 Å². The lowest BCUT2D eigenvalue weighted by Gasteiger charge is -2.22. The van der Waals surface area contributed by atoms with E-state index in [0.717, 1.165) is 12.1 Å². The summed E-state index contributed by atoms with van der Waals surface area (Å²) in [6, 6.07) is 14.2. The summed E-state index contributed by atoms with van der Waals surface area (Å²) >= 11 is 11.3. The van der Waals surface area contributed by atoms with E-state index in [1.165, 1.54) is 16.7 Å². The van der Waals surface area contributed by atoms with Crippen LogP contribution in [0.2, 0.25) is 5.02 Å². The first kappa shape index (κ1) is 16.8. The molecule has 2 nitrogen and oxygen atoms in total. The molecule has 4 heteroatoms. The Hall–Kier alpha value is -1.58. The number of anilines is 1. The van der Waals surface area contributed by atoms with E-state index < -0.39 is 0 Å². The van der Waals surface area contributed by atoms with Gasteiger partial charge in [0.2, 0.25) is 0 Å². The van der Waals surface area contributed by atoms with Crippen LogP contribution in [-0.4, -0.2) is 5.11 Å². The second-order valence-corrected chi connectivity index (χ2v) is 6.27. The molecule has 0 unspecified atom stereocenters. The van der Waals surface area contributed by atoms with Crippen molar-refractivity contribution in [1.29, 1.82) is 0 Å². The number of aryl methyl sites for hydroxylation is 2. The second-order valence-electron chi connectivity index (χ2n) is 5.43. The highest BCUT2D eigenvalue weighted by Crippen LogP contribution is 2.22. The number of hydrogen-bond acceptors (Lipinski definition) is 1. The van der Waals surface area contributed by atoms with Gasteiger partial charge in [0, 0.05) is 10.7 Å². The number of halogens is 1. The zero-order valence-electron chi connectivity index (χ0n) is 13.1. The lowest BCUT2D eigenvalue weighted by Crippen LogP contribution is -2.32. The van der Waals surface area contributed by atoms with E-state index >= 15 is 0 Å². The molecule has 22 heavy (non-hydrogen) atoms. The molecular weight excluding hydrogens is 312 g/mol. The van der Waals surface area contributed by atoms with Gasteiger partial charge in [-0.05, 0) is 67.9 Å². The van der Waals surface area contributed by atoms with E-state index in [1.807, 2.05) is 24.3 Å². The predicted molar refractivity (Wildman–Crippen MR) is 99.8 cm³/mol. The van der Waals surface area contributed by atoms with Crippen molar-refractivity contribution in [2.45, 2.75) is 33.2 Å². The molecule has 0 saturated heterocycles. The topological polar surface area (TPSA) is 24.1 Å². The molecule has 2 rings (SSSR count). The van der Waals surface area contributed by atoms with Crippen LogP contribution in [-0.2, 0) is 0 Å². The standard InChI is InChI=1S/C18H21ClN2S/c1-4-17(16-10-5-12(2)11-13(16)3)21-18(22)20-15-8-6-14(19)7-9-15/h5-11,17H,4H2,1-3H3,(H2,20,21,22)/t17-/m0/s1. The predicted octanol–water partition coefficient (Wildman–Crippen LogP) is 5.39. The van der Waals surface area contributed by atoms with Crippen LogP contribution in [0, 0.1) is 13.8 Å². The van der Waals surface area contributed by atoms with Gasteiger partial charge in [-0.25, -0.2) is 0 Å². The maximum atomic E-state index is 5.89. The summed E-state index contributed by atoms with van der Waals surface area (Å²) in [4.78, 5) is 0. The Balaban J connectivity index is 2.06. The van der Waals surface area contributed by atoms with Crippen molar-refractivity contribution in [1.82, 2.24) is 5.32 Å². The minimum Gasteiger partial charge on any atom is -0.356 e. The third-order valence-electron chi connectivity index (χ3n) is 3.62. The van der Waals surface area contributed by atoms with Gasteiger partial charge in [-0.2, -0.15) is 0 Å². The summed E-state index contributed by atoms with van der Waals surface area (Å²) in [7, 11) is 0. The van der Waals surface area contributed by atoms with Crippen molar-refractivity contribution in [3.8, 4) is 0 Å². The smallest absolute Gasteiger partial charge is 0.171 e. The fraction of sp³-hybridized carbons (Fsp3) is 0.278. The normalized spacial score (nSPS) is 11.8. The van der Waals surface area contributed by atoms with Crippen LogP contribution in [0.1, 0.15) is 36.1 Å². The molecule has 0 saturated carbocycles. The molecule has 1 atom stereocenters. The highest BCUT2D eigenvalue weighted by Gasteiger charge is 2.13. The first-order valence-electron chi connectivity index (χ1n) is 7.40. The van der Waals surface area contributed by atoms with Gasteiger partial charge in [0.15, 0.2) is 5.11 Å². The molecule has 0 aliphatic rings. The largest absolute Gasteiger partial charge is 0.356 e. The molecule has 0 radical (unpaired) electrons. The van der Waals surface area contributed by atoms with E-state index in [4.69, 9.17) is 23.8 Å². The number of hydrogen-bond donors (Lipinski definition) is 2. The van der Waals surface area contributed by atoms with Crippen LogP contribution >= 0.6 is 23.8 Å². The molecule has 2 aromatic carbocycles. The third kappa shape index (κ3) is 4.46. The van der Waals surface area contributed by atoms with Gasteiger partial charge >= 0.3 is 0 Å². The van der Waals surface area contributed by atoms with Gasteiger partial charge in [0.1, 0.15) is 0 Å². The van der Waals surface area contributed by atoms with Gasteiger partial charge in [-0.1, -0.05) is 42.3 Å². The summed E-state index contributed by atoms with van der Waals surface area (Å²) in [5.41, 5.74) is 4.78. The second kappa shape index (κ2) is 7.61. The van der Waals surface area contributed by atoms with Crippen molar-refractivity contribution in [2.75, 3.05) is 5.32 Å². The Kier molecular flexibility index (Phi) is 5.81. The van der Waals surface area contributed by atoms with E-state index in [-0.39, 0.29) is 6.04 Å². The molecule has 116 valence electrons. The zero-order chi connectivity index (χ0) is 16.1. The van der Waals surface area contributed by atoms with Crippen molar-refractivity contribution in [3.05, 3.63) is 64.2 Å². The Morgan fingerprint density at radius 3 is 2.41 bits per heavy atom. The molecule has 0 fully saturated rings. The molecule has 0 heterocycles. The first-order valence-corrected chi connectivity index (χ1v) is 8.18. The number of thiocarbonyl (C=S) groups is 1. The van der Waals surface area contributed by atoms with Gasteiger partial charge in [-0.3, -0.25) is 0 Å². The minimum atomic E-state index is 0.202. The van der Waals surface area contributed by atoms with Crippen LogP contribution in [0.5, 0.6) is 0 Å². The SMILES string of the molecule is CC[C@H](NC(=S)Nc1ccc(Cl)cc1)c1ccc(C)cc1C. The monoisotopic (exact) mass is 332 g/mol. The van der Waals surface area contributed by atoms with Gasteiger partial charge < -0.3 is 10.6 Å². The molecule has 2 N–H and O–H groups in total. The molecule has 2 aromatic rings. The Morgan fingerprint density at radius 2 is 1.82 bits per heavy atom. The summed E-state index contributed by atoms with van der Waals surface area (Å²) in [5, 5.41) is 7.92. The summed E-state index contributed by atoms with van der Waals surface area (Å²) < 4.78 is 0. The van der Waals surface area contributed by atoms with Crippen molar-refractivity contribution in [3.63, 3.8) is 0 Å². The fourth-order valence-corrected chi connectivity index (χ4v) is 2.86. The molecule has 0 aliphatic carbocycles. The fourth-order valence-electron chi connectivity index (χ4n) is 2.47. The molecule has 0 aromatic heterocycles. The molecule has 0 spiro atoms. The van der Waals surface area contributed by atoms with Crippen LogP contribution in [0.4, 0.5) is 5.69 Å². The zero-order valence-corrected chi connectivity index (χ0v) is 14.7. The van der Waals surface area contributed by atoms with E-state index in [2.05, 4.69) is 49.6 Å². The average molecular weight is 333 g/mol. The number of rotatable bonds is 4. The average Bonchev–Trinajstić information content (AvgIpc) is 2.48. The lowest BCUT2D eigenvalue weighted by molar-refractivity contribution is 0.625. The Morgan fingerprint density at radius 1 is 1.14 bits per heavy atom. The van der Waals surface area contributed by atoms with Gasteiger partial charge in [-0.15, -0.1) is 0 Å².